The van der Waals surface area contributed by atoms with E-state index < -0.39 is 5.97 Å². The number of ether oxygens (including phenoxy) is 2. The van der Waals surface area contributed by atoms with Crippen molar-refractivity contribution in [1.82, 2.24) is 9.38 Å². The number of rotatable bonds is 4. The molecule has 24 heavy (non-hydrogen) atoms. The van der Waals surface area contributed by atoms with Gasteiger partial charge in [-0.1, -0.05) is 18.2 Å². The van der Waals surface area contributed by atoms with Crippen LogP contribution in [0.15, 0.2) is 53.5 Å². The highest BCUT2D eigenvalue weighted by Crippen LogP contribution is 2.18. The van der Waals surface area contributed by atoms with E-state index in [0.29, 0.717) is 22.7 Å². The number of hydrogen-bond acceptors (Lipinski definition) is 5. The standard InChI is InChI=1S/C18H16N2O4/c1-12-7-8-16-19-13(9-17(21)20(16)10-12)11-24-18(22)14-5-3-4-6-15(14)23-2/h3-10H,11H2,1-2H3. The molecule has 1 aromatic carbocycles. The van der Waals surface area contributed by atoms with Gasteiger partial charge in [0.05, 0.1) is 12.8 Å². The van der Waals surface area contributed by atoms with Crippen LogP contribution in [0.3, 0.4) is 0 Å². The number of benzene rings is 1. The molecule has 0 atom stereocenters. The molecule has 0 radical (unpaired) electrons. The third kappa shape index (κ3) is 3.12. The van der Waals surface area contributed by atoms with Crippen LogP contribution in [0.2, 0.25) is 0 Å². The number of aromatic nitrogens is 2. The summed E-state index contributed by atoms with van der Waals surface area (Å²) >= 11 is 0. The van der Waals surface area contributed by atoms with Crippen molar-refractivity contribution in [3.63, 3.8) is 0 Å². The van der Waals surface area contributed by atoms with Gasteiger partial charge < -0.3 is 9.47 Å². The van der Waals surface area contributed by atoms with Crippen LogP contribution in [0.25, 0.3) is 5.65 Å². The average molecular weight is 324 g/mol. The van der Waals surface area contributed by atoms with Gasteiger partial charge in [0.1, 0.15) is 23.6 Å². The van der Waals surface area contributed by atoms with Crippen LogP contribution >= 0.6 is 0 Å². The number of fused-ring (bicyclic) bond motifs is 1. The van der Waals surface area contributed by atoms with E-state index in [0.717, 1.165) is 5.56 Å². The first-order valence-corrected chi connectivity index (χ1v) is 7.37. The molecule has 2 heterocycles. The Morgan fingerprint density at radius 2 is 2.00 bits per heavy atom. The SMILES string of the molecule is COc1ccccc1C(=O)OCc1cc(=O)n2cc(C)ccc2n1. The number of nitrogens with zero attached hydrogens (tertiary/aromatic N) is 2. The second-order valence-electron chi connectivity index (χ2n) is 5.30. The molecule has 3 aromatic rings. The molecular formula is C18H16N2O4. The zero-order chi connectivity index (χ0) is 17.1. The second kappa shape index (κ2) is 6.54. The summed E-state index contributed by atoms with van der Waals surface area (Å²) in [6.07, 6.45) is 1.72. The summed E-state index contributed by atoms with van der Waals surface area (Å²) in [5.74, 6) is -0.0946. The van der Waals surface area contributed by atoms with Crippen molar-refractivity contribution in [3.05, 3.63) is 75.8 Å². The predicted molar refractivity (Wildman–Crippen MR) is 88.3 cm³/mol. The lowest BCUT2D eigenvalue weighted by Crippen LogP contribution is -2.17. The quantitative estimate of drug-likeness (QED) is 0.689. The van der Waals surface area contributed by atoms with Crippen molar-refractivity contribution in [2.75, 3.05) is 7.11 Å². The number of carbonyl (C=O) groups is 1. The number of esters is 1. The molecule has 6 heteroatoms. The van der Waals surface area contributed by atoms with E-state index in [2.05, 4.69) is 4.98 Å². The highest BCUT2D eigenvalue weighted by molar-refractivity contribution is 5.92. The van der Waals surface area contributed by atoms with Crippen molar-refractivity contribution >= 4 is 11.6 Å². The average Bonchev–Trinajstić information content (AvgIpc) is 2.60. The Morgan fingerprint density at radius 3 is 2.79 bits per heavy atom. The molecule has 0 aliphatic carbocycles. The third-order valence-corrected chi connectivity index (χ3v) is 3.54. The zero-order valence-corrected chi connectivity index (χ0v) is 13.4. The Kier molecular flexibility index (Phi) is 4.29. The highest BCUT2D eigenvalue weighted by atomic mass is 16.5. The number of methoxy groups -OCH3 is 1. The Labute approximate surface area is 138 Å². The zero-order valence-electron chi connectivity index (χ0n) is 13.4. The fourth-order valence-electron chi connectivity index (χ4n) is 2.36. The summed E-state index contributed by atoms with van der Waals surface area (Å²) in [6.45, 7) is 1.81. The van der Waals surface area contributed by atoms with Gasteiger partial charge in [0.15, 0.2) is 0 Å². The Hall–Kier alpha value is -3.15. The van der Waals surface area contributed by atoms with Crippen molar-refractivity contribution in [2.24, 2.45) is 0 Å². The first-order valence-electron chi connectivity index (χ1n) is 7.37. The maximum absolute atomic E-state index is 12.2. The van der Waals surface area contributed by atoms with E-state index in [9.17, 15) is 9.59 Å². The summed E-state index contributed by atoms with van der Waals surface area (Å²) < 4.78 is 11.9. The third-order valence-electron chi connectivity index (χ3n) is 3.54. The minimum absolute atomic E-state index is 0.0868. The van der Waals surface area contributed by atoms with Gasteiger partial charge in [-0.25, -0.2) is 9.78 Å². The normalized spacial score (nSPS) is 10.6. The molecule has 0 saturated heterocycles. The Morgan fingerprint density at radius 1 is 1.21 bits per heavy atom. The van der Waals surface area contributed by atoms with E-state index >= 15 is 0 Å². The molecule has 3 rings (SSSR count). The van der Waals surface area contributed by atoms with Crippen LogP contribution in [0.5, 0.6) is 5.75 Å². The van der Waals surface area contributed by atoms with Crippen LogP contribution in [0.4, 0.5) is 0 Å². The fraction of sp³-hybridized carbons (Fsp3) is 0.167. The molecular weight excluding hydrogens is 308 g/mol. The molecule has 6 nitrogen and oxygen atoms in total. The second-order valence-corrected chi connectivity index (χ2v) is 5.30. The van der Waals surface area contributed by atoms with Gasteiger partial charge in [-0.3, -0.25) is 9.20 Å². The number of pyridine rings is 1. The van der Waals surface area contributed by atoms with Gasteiger partial charge >= 0.3 is 5.97 Å². The number of aryl methyl sites for hydroxylation is 1. The summed E-state index contributed by atoms with van der Waals surface area (Å²) in [5.41, 5.74) is 1.98. The summed E-state index contributed by atoms with van der Waals surface area (Å²) in [5, 5.41) is 0. The maximum Gasteiger partial charge on any atom is 0.342 e. The molecule has 0 aliphatic heterocycles. The summed E-state index contributed by atoms with van der Waals surface area (Å²) in [6, 6.07) is 11.8. The molecule has 0 bridgehead atoms. The van der Waals surface area contributed by atoms with E-state index in [4.69, 9.17) is 9.47 Å². The smallest absolute Gasteiger partial charge is 0.342 e. The van der Waals surface area contributed by atoms with E-state index in [1.807, 2.05) is 13.0 Å². The van der Waals surface area contributed by atoms with Crippen LogP contribution in [-0.4, -0.2) is 22.5 Å². The number of carbonyl (C=O) groups excluding carboxylic acids is 1. The van der Waals surface area contributed by atoms with Crippen molar-refractivity contribution in [3.8, 4) is 5.75 Å². The lowest BCUT2D eigenvalue weighted by Gasteiger charge is -2.09. The molecule has 0 N–H and O–H groups in total. The molecule has 0 spiro atoms. The minimum Gasteiger partial charge on any atom is -0.496 e. The fourth-order valence-corrected chi connectivity index (χ4v) is 2.36. The summed E-state index contributed by atoms with van der Waals surface area (Å²) in [7, 11) is 1.49. The lowest BCUT2D eigenvalue weighted by molar-refractivity contribution is 0.0464. The molecule has 0 amide bonds. The summed E-state index contributed by atoms with van der Waals surface area (Å²) in [4.78, 5) is 28.6. The van der Waals surface area contributed by atoms with E-state index in [-0.39, 0.29) is 12.2 Å². The Balaban J connectivity index is 1.82. The van der Waals surface area contributed by atoms with Gasteiger partial charge in [-0.15, -0.1) is 0 Å². The Bertz CT molecular complexity index is 963. The molecule has 0 saturated carbocycles. The van der Waals surface area contributed by atoms with Crippen LogP contribution in [0, 0.1) is 6.92 Å². The van der Waals surface area contributed by atoms with Gasteiger partial charge in [-0.05, 0) is 30.7 Å². The minimum atomic E-state index is -0.529. The molecule has 0 fully saturated rings. The van der Waals surface area contributed by atoms with Crippen molar-refractivity contribution in [2.45, 2.75) is 13.5 Å². The van der Waals surface area contributed by atoms with E-state index in [1.54, 1.807) is 36.5 Å². The number of para-hydroxylation sites is 1. The first-order chi connectivity index (χ1) is 11.6. The molecule has 122 valence electrons. The van der Waals surface area contributed by atoms with Gasteiger partial charge in [0.25, 0.3) is 5.56 Å². The van der Waals surface area contributed by atoms with Crippen molar-refractivity contribution in [1.29, 1.82) is 0 Å². The van der Waals surface area contributed by atoms with Crippen LogP contribution < -0.4 is 10.3 Å². The monoisotopic (exact) mass is 324 g/mol. The van der Waals surface area contributed by atoms with Gasteiger partial charge in [-0.2, -0.15) is 0 Å². The topological polar surface area (TPSA) is 69.9 Å². The maximum atomic E-state index is 12.2. The molecule has 2 aromatic heterocycles. The highest BCUT2D eigenvalue weighted by Gasteiger charge is 2.13. The van der Waals surface area contributed by atoms with Crippen molar-refractivity contribution < 1.29 is 14.3 Å². The van der Waals surface area contributed by atoms with Gasteiger partial charge in [0, 0.05) is 12.3 Å². The van der Waals surface area contributed by atoms with Gasteiger partial charge in [0.2, 0.25) is 0 Å². The largest absolute Gasteiger partial charge is 0.496 e. The lowest BCUT2D eigenvalue weighted by atomic mass is 10.2. The van der Waals surface area contributed by atoms with E-state index in [1.165, 1.54) is 17.6 Å². The van der Waals surface area contributed by atoms with Crippen LogP contribution in [0.1, 0.15) is 21.6 Å². The number of hydrogen-bond donors (Lipinski definition) is 0. The van der Waals surface area contributed by atoms with Crippen LogP contribution in [-0.2, 0) is 11.3 Å². The predicted octanol–water partition coefficient (Wildman–Crippen LogP) is 2.37. The first kappa shape index (κ1) is 15.7. The molecule has 0 aliphatic rings. The molecule has 0 unspecified atom stereocenters.